The van der Waals surface area contributed by atoms with Crippen LogP contribution in [0.15, 0.2) is 54.6 Å². The van der Waals surface area contributed by atoms with Crippen LogP contribution in [0.2, 0.25) is 0 Å². The van der Waals surface area contributed by atoms with Crippen LogP contribution >= 0.6 is 0 Å². The molecule has 216 valence electrons. The van der Waals surface area contributed by atoms with E-state index in [2.05, 4.69) is 40.5 Å². The number of hydrogen-bond donors (Lipinski definition) is 3. The molecule has 41 heavy (non-hydrogen) atoms. The van der Waals surface area contributed by atoms with Gasteiger partial charge in [0.2, 0.25) is 0 Å². The highest BCUT2D eigenvalue weighted by Crippen LogP contribution is 2.43. The van der Waals surface area contributed by atoms with Crippen LogP contribution < -0.4 is 16.4 Å². The molecule has 4 N–H and O–H groups in total. The van der Waals surface area contributed by atoms with E-state index >= 15 is 0 Å². The van der Waals surface area contributed by atoms with Crippen LogP contribution in [0.5, 0.6) is 0 Å². The largest absolute Gasteiger partial charge is 0.416 e. The van der Waals surface area contributed by atoms with Crippen molar-refractivity contribution in [2.45, 2.75) is 51.7 Å². The lowest BCUT2D eigenvalue weighted by atomic mass is 10.0. The quantitative estimate of drug-likeness (QED) is 0.193. The number of rotatable bonds is 10. The van der Waals surface area contributed by atoms with Gasteiger partial charge in [-0.25, -0.2) is 14.5 Å². The highest BCUT2D eigenvalue weighted by atomic mass is 19.4. The molecule has 0 bridgehead atoms. The van der Waals surface area contributed by atoms with Crippen molar-refractivity contribution in [1.82, 2.24) is 19.7 Å². The van der Waals surface area contributed by atoms with Crippen LogP contribution in [-0.4, -0.2) is 45.3 Å². The molecule has 0 radical (unpaired) electrons. The highest BCUT2D eigenvalue weighted by molar-refractivity contribution is 6.02. The predicted molar refractivity (Wildman–Crippen MR) is 156 cm³/mol. The highest BCUT2D eigenvalue weighted by Gasteiger charge is 2.30. The molecule has 4 aromatic rings. The number of nitrogens with one attached hydrogen (secondary N) is 2. The van der Waals surface area contributed by atoms with Gasteiger partial charge in [-0.05, 0) is 86.4 Å². The number of anilines is 3. The number of nitrogen functional groups attached to an aromatic ring is 1. The summed E-state index contributed by atoms with van der Waals surface area (Å²) in [5.74, 6) is 0.856. The number of nitrogens with two attached hydrogens (primary N) is 1. The van der Waals surface area contributed by atoms with Gasteiger partial charge >= 0.3 is 12.2 Å². The lowest BCUT2D eigenvalue weighted by Crippen LogP contribution is -2.25. The van der Waals surface area contributed by atoms with Crippen LogP contribution in [0.1, 0.15) is 50.3 Å². The summed E-state index contributed by atoms with van der Waals surface area (Å²) >= 11 is 0. The zero-order valence-corrected chi connectivity index (χ0v) is 23.1. The van der Waals surface area contributed by atoms with E-state index in [0.29, 0.717) is 24.0 Å². The summed E-state index contributed by atoms with van der Waals surface area (Å²) in [5, 5.41) is 10.6. The maximum absolute atomic E-state index is 13.0. The van der Waals surface area contributed by atoms with E-state index < -0.39 is 17.8 Å². The van der Waals surface area contributed by atoms with E-state index in [4.69, 9.17) is 10.7 Å². The summed E-state index contributed by atoms with van der Waals surface area (Å²) in [6.07, 6.45) is -1.35. The van der Waals surface area contributed by atoms with Gasteiger partial charge in [0.05, 0.1) is 10.9 Å². The molecule has 11 heteroatoms. The number of nitrogens with zero attached hydrogens (tertiary/aromatic N) is 4. The molecule has 1 aliphatic rings. The molecule has 2 aromatic carbocycles. The molecule has 1 fully saturated rings. The number of aryl methyl sites for hydroxylation is 1. The molecule has 0 atom stereocenters. The Morgan fingerprint density at radius 2 is 1.76 bits per heavy atom. The average molecular weight is 566 g/mol. The second kappa shape index (κ2) is 11.8. The minimum atomic E-state index is -4.49. The minimum absolute atomic E-state index is 0.0466. The van der Waals surface area contributed by atoms with Crippen LogP contribution in [0.3, 0.4) is 0 Å². The molecule has 2 aromatic heterocycles. The van der Waals surface area contributed by atoms with Crippen LogP contribution in [0, 0.1) is 0 Å². The molecule has 5 rings (SSSR count). The standard InChI is InChI=1S/C30H34F3N7O/c1-3-39(4-2)15-6-16-40-28-26(27(34)38-40)24(18-25(37-28)20-9-10-20)19-11-13-22(14-12-19)35-29(41)36-23-8-5-7-21(17-23)30(31,32)33/h5,7-8,11-14,17-18,20H,3-4,6,9-10,15-16H2,1-2H3,(H2,34,38)(H2,35,36,41). The number of fused-ring (bicyclic) bond motifs is 1. The van der Waals surface area contributed by atoms with Gasteiger partial charge in [-0.15, -0.1) is 0 Å². The first-order valence-electron chi connectivity index (χ1n) is 13.9. The Kier molecular flexibility index (Phi) is 8.16. The molecule has 1 saturated carbocycles. The summed E-state index contributed by atoms with van der Waals surface area (Å²) in [6, 6.07) is 13.2. The van der Waals surface area contributed by atoms with Crippen molar-refractivity contribution in [1.29, 1.82) is 0 Å². The Balaban J connectivity index is 1.35. The molecule has 0 unspecified atom stereocenters. The zero-order valence-electron chi connectivity index (χ0n) is 23.1. The number of benzene rings is 2. The first-order valence-corrected chi connectivity index (χ1v) is 13.9. The molecule has 2 amide bonds. The second-order valence-electron chi connectivity index (χ2n) is 10.3. The first-order chi connectivity index (χ1) is 19.7. The average Bonchev–Trinajstić information content (AvgIpc) is 3.75. The Labute approximate surface area is 236 Å². The van der Waals surface area contributed by atoms with Crippen molar-refractivity contribution in [3.63, 3.8) is 0 Å². The van der Waals surface area contributed by atoms with Crippen molar-refractivity contribution in [3.05, 3.63) is 65.9 Å². The summed E-state index contributed by atoms with van der Waals surface area (Å²) < 4.78 is 40.9. The van der Waals surface area contributed by atoms with Crippen molar-refractivity contribution in [2.75, 3.05) is 36.0 Å². The molecule has 2 heterocycles. The number of carbonyl (C=O) groups is 1. The molecule has 8 nitrogen and oxygen atoms in total. The molecular weight excluding hydrogens is 531 g/mol. The van der Waals surface area contributed by atoms with Gasteiger partial charge in [-0.2, -0.15) is 18.3 Å². The van der Waals surface area contributed by atoms with Crippen LogP contribution in [0.4, 0.5) is 35.2 Å². The monoisotopic (exact) mass is 565 g/mol. The third-order valence-corrected chi connectivity index (χ3v) is 7.39. The lowest BCUT2D eigenvalue weighted by Gasteiger charge is -2.17. The lowest BCUT2D eigenvalue weighted by molar-refractivity contribution is -0.137. The summed E-state index contributed by atoms with van der Waals surface area (Å²) in [7, 11) is 0. The number of urea groups is 1. The van der Waals surface area contributed by atoms with Crippen molar-refractivity contribution in [2.24, 2.45) is 0 Å². The fourth-order valence-corrected chi connectivity index (χ4v) is 4.97. The Morgan fingerprint density at radius 1 is 1.05 bits per heavy atom. The Hall–Kier alpha value is -4.12. The number of halogens is 3. The fourth-order valence-electron chi connectivity index (χ4n) is 4.97. The zero-order chi connectivity index (χ0) is 29.1. The van der Waals surface area contributed by atoms with E-state index in [9.17, 15) is 18.0 Å². The van der Waals surface area contributed by atoms with Gasteiger partial charge in [0.25, 0.3) is 0 Å². The van der Waals surface area contributed by atoms with E-state index in [-0.39, 0.29) is 5.69 Å². The number of amides is 2. The number of alkyl halides is 3. The van der Waals surface area contributed by atoms with E-state index in [1.807, 2.05) is 16.8 Å². The molecule has 1 aliphatic carbocycles. The van der Waals surface area contributed by atoms with Crippen LogP contribution in [0.25, 0.3) is 22.2 Å². The fraction of sp³-hybridized carbons (Fsp3) is 0.367. The maximum atomic E-state index is 13.0. The van der Waals surface area contributed by atoms with Crippen molar-refractivity contribution >= 4 is 34.3 Å². The van der Waals surface area contributed by atoms with Gasteiger partial charge in [0.1, 0.15) is 0 Å². The number of hydrogen-bond acceptors (Lipinski definition) is 5. The maximum Gasteiger partial charge on any atom is 0.416 e. The number of aromatic nitrogens is 3. The van der Waals surface area contributed by atoms with Gasteiger partial charge in [-0.3, -0.25) is 0 Å². The van der Waals surface area contributed by atoms with Crippen molar-refractivity contribution < 1.29 is 18.0 Å². The molecule has 0 aliphatic heterocycles. The number of carbonyl (C=O) groups excluding carboxylic acids is 1. The third-order valence-electron chi connectivity index (χ3n) is 7.39. The summed E-state index contributed by atoms with van der Waals surface area (Å²) in [6.45, 7) is 8.01. The van der Waals surface area contributed by atoms with E-state index in [1.54, 1.807) is 12.1 Å². The summed E-state index contributed by atoms with van der Waals surface area (Å²) in [4.78, 5) is 19.8. The Bertz CT molecular complexity index is 1520. The normalized spacial score (nSPS) is 13.6. The van der Waals surface area contributed by atoms with E-state index in [0.717, 1.165) is 78.9 Å². The van der Waals surface area contributed by atoms with Gasteiger partial charge in [0.15, 0.2) is 11.5 Å². The first kappa shape index (κ1) is 28.4. The van der Waals surface area contributed by atoms with Crippen LogP contribution in [-0.2, 0) is 12.7 Å². The topological polar surface area (TPSA) is 101 Å². The third kappa shape index (κ3) is 6.62. The smallest absolute Gasteiger partial charge is 0.382 e. The van der Waals surface area contributed by atoms with Gasteiger partial charge in [-0.1, -0.05) is 32.0 Å². The molecule has 0 saturated heterocycles. The van der Waals surface area contributed by atoms with Gasteiger partial charge in [0, 0.05) is 29.5 Å². The minimum Gasteiger partial charge on any atom is -0.382 e. The molecule has 0 spiro atoms. The van der Waals surface area contributed by atoms with Gasteiger partial charge < -0.3 is 21.3 Å². The predicted octanol–water partition coefficient (Wildman–Crippen LogP) is 6.95. The molecular formula is C30H34F3N7O. The second-order valence-corrected chi connectivity index (χ2v) is 10.3. The number of pyridine rings is 1. The Morgan fingerprint density at radius 3 is 2.41 bits per heavy atom. The SMILES string of the molecule is CCN(CC)CCCn1nc(N)c2c(-c3ccc(NC(=O)Nc4cccc(C(F)(F)F)c4)cc3)cc(C3CC3)nc21. The summed E-state index contributed by atoms with van der Waals surface area (Å²) in [5.41, 5.74) is 9.78. The van der Waals surface area contributed by atoms with Crippen molar-refractivity contribution in [3.8, 4) is 11.1 Å². The van der Waals surface area contributed by atoms with E-state index in [1.165, 1.54) is 12.1 Å².